The first kappa shape index (κ1) is 16.3. The van der Waals surface area contributed by atoms with Crippen molar-refractivity contribution in [1.82, 2.24) is 5.43 Å². The number of nitrogens with one attached hydrogen (secondary N) is 1. The van der Waals surface area contributed by atoms with E-state index < -0.39 is 0 Å². The first-order valence-electron chi connectivity index (χ1n) is 6.90. The third-order valence-corrected chi connectivity index (χ3v) is 4.46. The maximum Gasteiger partial charge on any atom is 0.0530 e. The molecule has 0 saturated carbocycles. The van der Waals surface area contributed by atoms with Crippen LogP contribution in [0.4, 0.5) is 0 Å². The first-order valence-corrected chi connectivity index (χ1v) is 7.66. The van der Waals surface area contributed by atoms with Crippen LogP contribution in [0.5, 0.6) is 0 Å². The molecule has 0 aliphatic heterocycles. The molecule has 0 bridgehead atoms. The van der Waals surface area contributed by atoms with Gasteiger partial charge in [-0.05, 0) is 56.0 Å². The third kappa shape index (κ3) is 3.58. The Morgan fingerprint density at radius 3 is 2.05 bits per heavy atom. The van der Waals surface area contributed by atoms with E-state index in [1.165, 1.54) is 22.3 Å². The van der Waals surface area contributed by atoms with Gasteiger partial charge in [0.15, 0.2) is 0 Å². The van der Waals surface area contributed by atoms with Gasteiger partial charge >= 0.3 is 0 Å². The van der Waals surface area contributed by atoms with E-state index in [0.717, 1.165) is 12.0 Å². The van der Waals surface area contributed by atoms with Gasteiger partial charge in [0.1, 0.15) is 0 Å². The summed E-state index contributed by atoms with van der Waals surface area (Å²) in [5.41, 5.74) is 8.76. The highest BCUT2D eigenvalue weighted by atomic mass is 35.5. The fourth-order valence-corrected chi connectivity index (χ4v) is 3.48. The molecule has 1 unspecified atom stereocenters. The van der Waals surface area contributed by atoms with Gasteiger partial charge in [0.25, 0.3) is 0 Å². The lowest BCUT2D eigenvalue weighted by molar-refractivity contribution is 0.550. The summed E-state index contributed by atoms with van der Waals surface area (Å²) in [5.74, 6) is 5.75. The molecule has 0 aliphatic carbocycles. The van der Waals surface area contributed by atoms with Crippen molar-refractivity contribution in [3.05, 3.63) is 68.2 Å². The minimum absolute atomic E-state index is 0.119. The summed E-state index contributed by atoms with van der Waals surface area (Å²) in [6.45, 7) is 6.35. The van der Waals surface area contributed by atoms with Gasteiger partial charge in [-0.25, -0.2) is 0 Å². The highest BCUT2D eigenvalue weighted by Gasteiger charge is 2.19. The van der Waals surface area contributed by atoms with Crippen LogP contribution in [0, 0.1) is 20.8 Å². The van der Waals surface area contributed by atoms with Crippen LogP contribution in [0.3, 0.4) is 0 Å². The Morgan fingerprint density at radius 2 is 1.57 bits per heavy atom. The average Bonchev–Trinajstić information content (AvgIpc) is 2.40. The molecule has 2 aromatic carbocycles. The number of aryl methyl sites for hydroxylation is 3. The highest BCUT2D eigenvalue weighted by Crippen LogP contribution is 2.33. The zero-order valence-electron chi connectivity index (χ0n) is 12.5. The van der Waals surface area contributed by atoms with Crippen molar-refractivity contribution in [2.45, 2.75) is 33.2 Å². The first-order chi connectivity index (χ1) is 9.93. The predicted molar refractivity (Wildman–Crippen MR) is 90.9 cm³/mol. The van der Waals surface area contributed by atoms with Crippen LogP contribution in [0.1, 0.15) is 33.9 Å². The lowest BCUT2D eigenvalue weighted by atomic mass is 9.92. The van der Waals surface area contributed by atoms with Crippen molar-refractivity contribution in [2.75, 3.05) is 0 Å². The van der Waals surface area contributed by atoms with Gasteiger partial charge in [-0.1, -0.05) is 47.0 Å². The molecule has 0 saturated heterocycles. The van der Waals surface area contributed by atoms with Crippen molar-refractivity contribution in [3.8, 4) is 0 Å². The van der Waals surface area contributed by atoms with Crippen LogP contribution in [-0.2, 0) is 6.42 Å². The van der Waals surface area contributed by atoms with E-state index in [1.807, 2.05) is 18.2 Å². The molecular formula is C17H20Cl2N2. The summed E-state index contributed by atoms with van der Waals surface area (Å²) < 4.78 is 0. The number of rotatable bonds is 4. The van der Waals surface area contributed by atoms with Crippen molar-refractivity contribution < 1.29 is 0 Å². The van der Waals surface area contributed by atoms with Gasteiger partial charge in [0.2, 0.25) is 0 Å². The summed E-state index contributed by atoms with van der Waals surface area (Å²) in [5, 5.41) is 1.26. The van der Waals surface area contributed by atoms with Crippen LogP contribution in [0.2, 0.25) is 10.0 Å². The van der Waals surface area contributed by atoms with E-state index in [0.29, 0.717) is 10.0 Å². The van der Waals surface area contributed by atoms with Gasteiger partial charge in [-0.15, -0.1) is 0 Å². The maximum atomic E-state index is 6.29. The monoisotopic (exact) mass is 322 g/mol. The molecule has 3 N–H and O–H groups in total. The van der Waals surface area contributed by atoms with Crippen molar-refractivity contribution in [1.29, 1.82) is 0 Å². The Kier molecular flexibility index (Phi) is 5.28. The van der Waals surface area contributed by atoms with Gasteiger partial charge < -0.3 is 0 Å². The largest absolute Gasteiger partial charge is 0.271 e. The zero-order valence-corrected chi connectivity index (χ0v) is 14.0. The summed E-state index contributed by atoms with van der Waals surface area (Å²) in [6.07, 6.45) is 0.748. The number of benzene rings is 2. The van der Waals surface area contributed by atoms with E-state index in [1.54, 1.807) is 0 Å². The molecule has 0 fully saturated rings. The second kappa shape index (κ2) is 6.80. The smallest absolute Gasteiger partial charge is 0.0530 e. The van der Waals surface area contributed by atoms with Crippen molar-refractivity contribution in [3.63, 3.8) is 0 Å². The molecule has 0 aromatic heterocycles. The van der Waals surface area contributed by atoms with E-state index >= 15 is 0 Å². The SMILES string of the molecule is Cc1cc(C)c(CC(NN)c2c(Cl)cccc2Cl)c(C)c1. The van der Waals surface area contributed by atoms with Crippen LogP contribution < -0.4 is 11.3 Å². The Morgan fingerprint density at radius 1 is 1.05 bits per heavy atom. The number of hydrazine groups is 1. The van der Waals surface area contributed by atoms with Crippen molar-refractivity contribution in [2.24, 2.45) is 5.84 Å². The summed E-state index contributed by atoms with van der Waals surface area (Å²) in [4.78, 5) is 0. The van der Waals surface area contributed by atoms with Crippen LogP contribution in [0.15, 0.2) is 30.3 Å². The van der Waals surface area contributed by atoms with E-state index in [-0.39, 0.29) is 6.04 Å². The van der Waals surface area contributed by atoms with E-state index in [9.17, 15) is 0 Å². The fraction of sp³-hybridized carbons (Fsp3) is 0.294. The number of halogens is 2. The Bertz CT molecular complexity index is 610. The molecule has 21 heavy (non-hydrogen) atoms. The topological polar surface area (TPSA) is 38.0 Å². The molecule has 2 aromatic rings. The van der Waals surface area contributed by atoms with Gasteiger partial charge in [-0.2, -0.15) is 0 Å². The summed E-state index contributed by atoms with van der Waals surface area (Å²) in [7, 11) is 0. The molecule has 0 heterocycles. The zero-order chi connectivity index (χ0) is 15.6. The van der Waals surface area contributed by atoms with E-state index in [2.05, 4.69) is 38.3 Å². The molecule has 2 nitrogen and oxygen atoms in total. The van der Waals surface area contributed by atoms with E-state index in [4.69, 9.17) is 29.0 Å². The molecule has 0 spiro atoms. The van der Waals surface area contributed by atoms with Gasteiger partial charge in [0.05, 0.1) is 6.04 Å². The summed E-state index contributed by atoms with van der Waals surface area (Å²) in [6, 6.07) is 9.76. The molecule has 1 atom stereocenters. The Labute approximate surface area is 136 Å². The number of nitrogens with two attached hydrogens (primary N) is 1. The Hall–Kier alpha value is -1.06. The third-order valence-electron chi connectivity index (χ3n) is 3.80. The quantitative estimate of drug-likeness (QED) is 0.634. The fourth-order valence-electron chi connectivity index (χ4n) is 2.82. The number of hydrogen-bond acceptors (Lipinski definition) is 2. The summed E-state index contributed by atoms with van der Waals surface area (Å²) >= 11 is 12.6. The van der Waals surface area contributed by atoms with Crippen molar-refractivity contribution >= 4 is 23.2 Å². The molecule has 4 heteroatoms. The number of hydrogen-bond donors (Lipinski definition) is 2. The van der Waals surface area contributed by atoms with Crippen LogP contribution >= 0.6 is 23.2 Å². The van der Waals surface area contributed by atoms with Gasteiger partial charge in [-0.3, -0.25) is 11.3 Å². The lowest BCUT2D eigenvalue weighted by Gasteiger charge is -2.21. The normalized spacial score (nSPS) is 12.5. The molecule has 0 radical (unpaired) electrons. The van der Waals surface area contributed by atoms with Crippen LogP contribution in [-0.4, -0.2) is 0 Å². The predicted octanol–water partition coefficient (Wildman–Crippen LogP) is 4.67. The minimum Gasteiger partial charge on any atom is -0.271 e. The maximum absolute atomic E-state index is 6.29. The standard InChI is InChI=1S/C17H20Cl2N2/c1-10-7-11(2)13(12(3)8-10)9-16(21-20)17-14(18)5-4-6-15(17)19/h4-8,16,21H,9,20H2,1-3H3. The molecule has 0 amide bonds. The minimum atomic E-state index is -0.119. The highest BCUT2D eigenvalue weighted by molar-refractivity contribution is 6.36. The van der Waals surface area contributed by atoms with Crippen LogP contribution in [0.25, 0.3) is 0 Å². The second-order valence-corrected chi connectivity index (χ2v) is 6.25. The molecular weight excluding hydrogens is 303 g/mol. The molecule has 0 aliphatic rings. The second-order valence-electron chi connectivity index (χ2n) is 5.44. The molecule has 2 rings (SSSR count). The Balaban J connectivity index is 2.41. The average molecular weight is 323 g/mol. The lowest BCUT2D eigenvalue weighted by Crippen LogP contribution is -2.30. The molecule has 112 valence electrons. The van der Waals surface area contributed by atoms with Gasteiger partial charge in [0, 0.05) is 15.6 Å².